The maximum atomic E-state index is 11.9. The number of hydrogen-bond acceptors (Lipinski definition) is 4. The van der Waals surface area contributed by atoms with Crippen LogP contribution >= 0.6 is 23.7 Å². The van der Waals surface area contributed by atoms with Gasteiger partial charge in [-0.15, -0.1) is 23.7 Å². The first kappa shape index (κ1) is 16.7. The second-order valence-corrected chi connectivity index (χ2v) is 5.90. The van der Waals surface area contributed by atoms with Crippen molar-refractivity contribution in [3.05, 3.63) is 53.1 Å². The standard InChI is InChI=1S/C16H17N3OS.ClH/c1-11-4-2-5-12(8-11)16-19-13(10-21-16)9-18-15(20)14-6-3-7-17-14;/h2-6,8,10,14,17H,7,9H2,1H3,(H,18,20);1H. The molecule has 0 spiro atoms. The average Bonchev–Trinajstić information content (AvgIpc) is 3.16. The van der Waals surface area contributed by atoms with Crippen LogP contribution in [0.5, 0.6) is 0 Å². The highest BCUT2D eigenvalue weighted by Gasteiger charge is 2.17. The molecule has 2 heterocycles. The summed E-state index contributed by atoms with van der Waals surface area (Å²) in [5.74, 6) is -0.00569. The molecule has 0 bridgehead atoms. The van der Waals surface area contributed by atoms with Crippen LogP contribution in [0.2, 0.25) is 0 Å². The molecular weight excluding hydrogens is 318 g/mol. The van der Waals surface area contributed by atoms with Crippen LogP contribution in [0.4, 0.5) is 0 Å². The van der Waals surface area contributed by atoms with Gasteiger partial charge < -0.3 is 5.32 Å². The van der Waals surface area contributed by atoms with Crippen molar-refractivity contribution in [1.29, 1.82) is 0 Å². The van der Waals surface area contributed by atoms with Crippen LogP contribution in [0.25, 0.3) is 10.6 Å². The molecule has 1 amide bonds. The quantitative estimate of drug-likeness (QED) is 0.845. The van der Waals surface area contributed by atoms with Gasteiger partial charge in [0, 0.05) is 17.5 Å². The molecule has 1 aromatic heterocycles. The van der Waals surface area contributed by atoms with Gasteiger partial charge in [0.1, 0.15) is 11.0 Å². The topological polar surface area (TPSA) is 54.0 Å². The second-order valence-electron chi connectivity index (χ2n) is 5.05. The number of halogens is 1. The lowest BCUT2D eigenvalue weighted by molar-refractivity contribution is -0.122. The van der Waals surface area contributed by atoms with E-state index in [1.54, 1.807) is 11.3 Å². The number of rotatable bonds is 4. The predicted molar refractivity (Wildman–Crippen MR) is 92.3 cm³/mol. The number of hydrogen-bond donors (Lipinski definition) is 2. The summed E-state index contributed by atoms with van der Waals surface area (Å²) in [7, 11) is 0. The number of aromatic nitrogens is 1. The summed E-state index contributed by atoms with van der Waals surface area (Å²) >= 11 is 1.60. The second kappa shape index (κ2) is 7.54. The Morgan fingerprint density at radius 2 is 2.36 bits per heavy atom. The molecule has 0 saturated carbocycles. The first-order valence-corrected chi connectivity index (χ1v) is 7.79. The first-order chi connectivity index (χ1) is 10.2. The van der Waals surface area contributed by atoms with Gasteiger partial charge in [-0.2, -0.15) is 0 Å². The highest BCUT2D eigenvalue weighted by Crippen LogP contribution is 2.24. The smallest absolute Gasteiger partial charge is 0.241 e. The lowest BCUT2D eigenvalue weighted by Crippen LogP contribution is -2.40. The predicted octanol–water partition coefficient (Wildman–Crippen LogP) is 2.68. The summed E-state index contributed by atoms with van der Waals surface area (Å²) in [5, 5.41) is 8.98. The lowest BCUT2D eigenvalue weighted by atomic mass is 10.1. The van der Waals surface area contributed by atoms with E-state index in [0.717, 1.165) is 22.8 Å². The van der Waals surface area contributed by atoms with Gasteiger partial charge >= 0.3 is 0 Å². The van der Waals surface area contributed by atoms with Crippen LogP contribution in [0.1, 0.15) is 11.3 Å². The van der Waals surface area contributed by atoms with E-state index >= 15 is 0 Å². The molecule has 0 fully saturated rings. The maximum absolute atomic E-state index is 11.9. The third-order valence-corrected chi connectivity index (χ3v) is 4.27. The third-order valence-electron chi connectivity index (χ3n) is 3.33. The number of carbonyl (C=O) groups is 1. The van der Waals surface area contributed by atoms with E-state index in [1.807, 2.05) is 23.6 Å². The van der Waals surface area contributed by atoms with E-state index in [2.05, 4.69) is 40.7 Å². The van der Waals surface area contributed by atoms with Gasteiger partial charge in [0.05, 0.1) is 12.2 Å². The summed E-state index contributed by atoms with van der Waals surface area (Å²) in [4.78, 5) is 16.5. The Bertz CT molecular complexity index is 684. The van der Waals surface area contributed by atoms with Crippen LogP contribution < -0.4 is 10.6 Å². The molecule has 0 radical (unpaired) electrons. The van der Waals surface area contributed by atoms with Gasteiger partial charge in [-0.25, -0.2) is 4.98 Å². The number of thiazole rings is 1. The molecule has 0 aliphatic carbocycles. The minimum absolute atomic E-state index is 0. The van der Waals surface area contributed by atoms with Crippen LogP contribution in [-0.2, 0) is 11.3 Å². The van der Waals surface area contributed by atoms with Crippen molar-refractivity contribution in [3.8, 4) is 10.6 Å². The summed E-state index contributed by atoms with van der Waals surface area (Å²) in [6, 6.07) is 8.07. The van der Waals surface area contributed by atoms with Crippen molar-refractivity contribution in [1.82, 2.24) is 15.6 Å². The monoisotopic (exact) mass is 335 g/mol. The van der Waals surface area contributed by atoms with E-state index in [4.69, 9.17) is 0 Å². The molecule has 1 atom stereocenters. The number of benzene rings is 1. The van der Waals surface area contributed by atoms with Crippen LogP contribution in [0.15, 0.2) is 41.8 Å². The molecule has 3 rings (SSSR count). The van der Waals surface area contributed by atoms with Crippen molar-refractivity contribution in [2.75, 3.05) is 6.54 Å². The number of carbonyl (C=O) groups excluding carboxylic acids is 1. The van der Waals surface area contributed by atoms with Gasteiger partial charge in [-0.3, -0.25) is 10.1 Å². The molecule has 2 aromatic rings. The van der Waals surface area contributed by atoms with Crippen LogP contribution in [0, 0.1) is 6.92 Å². The Hall–Kier alpha value is -1.69. The summed E-state index contributed by atoms with van der Waals surface area (Å²) in [6.07, 6.45) is 3.84. The molecule has 2 N–H and O–H groups in total. The van der Waals surface area contributed by atoms with Gasteiger partial charge in [-0.05, 0) is 13.0 Å². The fourth-order valence-electron chi connectivity index (χ4n) is 2.23. The van der Waals surface area contributed by atoms with E-state index < -0.39 is 0 Å². The maximum Gasteiger partial charge on any atom is 0.241 e. The van der Waals surface area contributed by atoms with E-state index in [9.17, 15) is 4.79 Å². The largest absolute Gasteiger partial charge is 0.349 e. The molecule has 1 aliphatic rings. The summed E-state index contributed by atoms with van der Waals surface area (Å²) in [6.45, 7) is 3.29. The molecule has 0 saturated heterocycles. The fourth-order valence-corrected chi connectivity index (χ4v) is 3.05. The van der Waals surface area contributed by atoms with E-state index in [1.165, 1.54) is 5.56 Å². The number of aryl methyl sites for hydroxylation is 1. The Kier molecular flexibility index (Phi) is 5.71. The molecule has 4 nitrogen and oxygen atoms in total. The van der Waals surface area contributed by atoms with Crippen molar-refractivity contribution < 1.29 is 4.79 Å². The van der Waals surface area contributed by atoms with Gasteiger partial charge in [0.25, 0.3) is 0 Å². The van der Waals surface area contributed by atoms with Crippen molar-refractivity contribution in [2.45, 2.75) is 19.5 Å². The first-order valence-electron chi connectivity index (χ1n) is 6.91. The highest BCUT2D eigenvalue weighted by atomic mass is 35.5. The van der Waals surface area contributed by atoms with Crippen molar-refractivity contribution in [3.63, 3.8) is 0 Å². The highest BCUT2D eigenvalue weighted by molar-refractivity contribution is 7.13. The van der Waals surface area contributed by atoms with Gasteiger partial charge in [-0.1, -0.05) is 35.9 Å². The molecule has 1 aliphatic heterocycles. The fraction of sp³-hybridized carbons (Fsp3) is 0.250. The Labute approximate surface area is 140 Å². The van der Waals surface area contributed by atoms with E-state index in [0.29, 0.717) is 6.54 Å². The van der Waals surface area contributed by atoms with Crippen molar-refractivity contribution in [2.24, 2.45) is 0 Å². The van der Waals surface area contributed by atoms with Crippen molar-refractivity contribution >= 4 is 29.7 Å². The van der Waals surface area contributed by atoms with Gasteiger partial charge in [0.2, 0.25) is 5.91 Å². The zero-order valence-corrected chi connectivity index (χ0v) is 13.8. The Morgan fingerprint density at radius 1 is 1.50 bits per heavy atom. The SMILES string of the molecule is Cc1cccc(-c2nc(CNC(=O)C3C=CCN3)cs2)c1.Cl. The third kappa shape index (κ3) is 3.94. The minimum Gasteiger partial charge on any atom is -0.349 e. The minimum atomic E-state index is -0.208. The zero-order valence-electron chi connectivity index (χ0n) is 12.2. The molecular formula is C16H18ClN3OS. The Morgan fingerprint density at radius 3 is 3.09 bits per heavy atom. The summed E-state index contributed by atoms with van der Waals surface area (Å²) < 4.78 is 0. The average molecular weight is 336 g/mol. The van der Waals surface area contributed by atoms with Crippen LogP contribution in [-0.4, -0.2) is 23.5 Å². The number of nitrogens with zero attached hydrogens (tertiary/aromatic N) is 1. The number of amides is 1. The molecule has 6 heteroatoms. The Balaban J connectivity index is 0.00000176. The molecule has 116 valence electrons. The van der Waals surface area contributed by atoms with Gasteiger partial charge in [0.15, 0.2) is 0 Å². The summed E-state index contributed by atoms with van der Waals surface area (Å²) in [5.41, 5.74) is 3.24. The molecule has 1 unspecified atom stereocenters. The number of nitrogens with one attached hydrogen (secondary N) is 2. The normalized spacial score (nSPS) is 16.3. The zero-order chi connectivity index (χ0) is 14.7. The van der Waals surface area contributed by atoms with Crippen LogP contribution in [0.3, 0.4) is 0 Å². The molecule has 22 heavy (non-hydrogen) atoms. The van der Waals surface area contributed by atoms with E-state index in [-0.39, 0.29) is 24.4 Å². The molecule has 1 aromatic carbocycles. The lowest BCUT2D eigenvalue weighted by Gasteiger charge is -2.08.